The van der Waals surface area contributed by atoms with Crippen molar-refractivity contribution in [3.05, 3.63) is 45.6 Å². The first kappa shape index (κ1) is 18.5. The van der Waals surface area contributed by atoms with Crippen molar-refractivity contribution in [2.75, 3.05) is 36.4 Å². The highest BCUT2D eigenvalue weighted by Gasteiger charge is 2.20. The molecule has 0 aliphatic carbocycles. The van der Waals surface area contributed by atoms with E-state index in [4.69, 9.17) is 11.6 Å². The molecule has 1 atom stereocenters. The number of carbonyl (C=O) groups excluding carboxylic acids is 2. The smallest absolute Gasteiger partial charge is 0.321 e. The Morgan fingerprint density at radius 3 is 2.65 bits per heavy atom. The van der Waals surface area contributed by atoms with Gasteiger partial charge in [-0.1, -0.05) is 11.6 Å². The van der Waals surface area contributed by atoms with E-state index in [0.717, 1.165) is 11.4 Å². The van der Waals surface area contributed by atoms with Gasteiger partial charge in [0.2, 0.25) is 0 Å². The summed E-state index contributed by atoms with van der Waals surface area (Å²) in [6.07, 6.45) is -0.738. The van der Waals surface area contributed by atoms with Crippen LogP contribution in [0.2, 0.25) is 4.34 Å². The van der Waals surface area contributed by atoms with Crippen molar-refractivity contribution in [1.82, 2.24) is 10.6 Å². The molecule has 1 fully saturated rings. The van der Waals surface area contributed by atoms with Gasteiger partial charge in [0, 0.05) is 37.6 Å². The zero-order chi connectivity index (χ0) is 18.5. The second-order valence-corrected chi connectivity index (χ2v) is 7.49. The molecule has 3 amide bonds. The van der Waals surface area contributed by atoms with Gasteiger partial charge in [-0.25, -0.2) is 4.79 Å². The lowest BCUT2D eigenvalue weighted by molar-refractivity contribution is 0.0926. The summed E-state index contributed by atoms with van der Waals surface area (Å²) in [6, 6.07) is 10.6. The van der Waals surface area contributed by atoms with Gasteiger partial charge in [-0.3, -0.25) is 9.69 Å². The highest BCUT2D eigenvalue weighted by atomic mass is 35.5. The molecule has 1 saturated heterocycles. The first-order valence-electron chi connectivity index (χ1n) is 8.14. The third-order valence-electron chi connectivity index (χ3n) is 3.87. The fourth-order valence-corrected chi connectivity index (χ4v) is 3.48. The van der Waals surface area contributed by atoms with Crippen molar-refractivity contribution < 1.29 is 14.7 Å². The quantitative estimate of drug-likeness (QED) is 0.578. The number of aliphatic hydroxyl groups is 1. The molecular weight excluding hydrogens is 376 g/mol. The zero-order valence-corrected chi connectivity index (χ0v) is 15.4. The summed E-state index contributed by atoms with van der Waals surface area (Å²) in [7, 11) is 0. The number of thiophene rings is 1. The van der Waals surface area contributed by atoms with E-state index in [1.54, 1.807) is 17.0 Å². The van der Waals surface area contributed by atoms with Crippen LogP contribution in [0.1, 0.15) is 9.67 Å². The molecule has 1 aliphatic heterocycles. The Morgan fingerprint density at radius 2 is 2.04 bits per heavy atom. The molecular formula is C17H19ClN4O3S. The van der Waals surface area contributed by atoms with Crippen LogP contribution in [0.4, 0.5) is 16.2 Å². The molecule has 7 nitrogen and oxygen atoms in total. The van der Waals surface area contributed by atoms with E-state index in [1.165, 1.54) is 11.3 Å². The standard InChI is InChI=1S/C17H19ClN4O3S/c18-15-6-5-14(26-15)16(24)21-10-13(23)9-20-11-1-3-12(4-2-11)22-8-7-19-17(22)25/h1-6,13,20,23H,7-10H2,(H,19,25)(H,21,24)/t13-/m1/s1. The lowest BCUT2D eigenvalue weighted by Crippen LogP contribution is -2.35. The fourth-order valence-electron chi connectivity index (χ4n) is 2.52. The Morgan fingerprint density at radius 1 is 1.27 bits per heavy atom. The fraction of sp³-hybridized carbons (Fsp3) is 0.294. The predicted octanol–water partition coefficient (Wildman–Crippen LogP) is 2.13. The number of carbonyl (C=O) groups is 2. The van der Waals surface area contributed by atoms with Crippen molar-refractivity contribution in [2.45, 2.75) is 6.10 Å². The van der Waals surface area contributed by atoms with Gasteiger partial charge in [0.1, 0.15) is 0 Å². The summed E-state index contributed by atoms with van der Waals surface area (Å²) in [5.41, 5.74) is 1.65. The normalized spacial score (nSPS) is 14.8. The SMILES string of the molecule is O=C(NC[C@H](O)CNc1ccc(N2CCNC2=O)cc1)c1ccc(Cl)s1. The number of nitrogens with zero attached hydrogens (tertiary/aromatic N) is 1. The van der Waals surface area contributed by atoms with Crippen LogP contribution >= 0.6 is 22.9 Å². The molecule has 0 saturated carbocycles. The van der Waals surface area contributed by atoms with Crippen LogP contribution in [-0.2, 0) is 0 Å². The van der Waals surface area contributed by atoms with Crippen molar-refractivity contribution >= 4 is 46.3 Å². The van der Waals surface area contributed by atoms with Crippen LogP contribution in [0.25, 0.3) is 0 Å². The van der Waals surface area contributed by atoms with Crippen LogP contribution in [0, 0.1) is 0 Å². The summed E-state index contributed by atoms with van der Waals surface area (Å²) < 4.78 is 0.548. The molecule has 0 radical (unpaired) electrons. The minimum Gasteiger partial charge on any atom is -0.389 e. The largest absolute Gasteiger partial charge is 0.389 e. The number of aliphatic hydroxyl groups excluding tert-OH is 1. The highest BCUT2D eigenvalue weighted by molar-refractivity contribution is 7.17. The van der Waals surface area contributed by atoms with Gasteiger partial charge >= 0.3 is 6.03 Å². The number of rotatable bonds is 7. The van der Waals surface area contributed by atoms with Crippen molar-refractivity contribution in [1.29, 1.82) is 0 Å². The number of hydrogen-bond acceptors (Lipinski definition) is 5. The van der Waals surface area contributed by atoms with Gasteiger partial charge < -0.3 is 21.1 Å². The van der Waals surface area contributed by atoms with Gasteiger partial charge in [0.15, 0.2) is 0 Å². The molecule has 1 aromatic heterocycles. The second kappa shape index (κ2) is 8.39. The third-order valence-corrected chi connectivity index (χ3v) is 5.10. The number of urea groups is 1. The van der Waals surface area contributed by atoms with E-state index in [1.807, 2.05) is 24.3 Å². The lowest BCUT2D eigenvalue weighted by Gasteiger charge is -2.16. The molecule has 1 aromatic carbocycles. The highest BCUT2D eigenvalue weighted by Crippen LogP contribution is 2.21. The first-order valence-corrected chi connectivity index (χ1v) is 9.33. The molecule has 138 valence electrons. The average molecular weight is 395 g/mol. The summed E-state index contributed by atoms with van der Waals surface area (Å²) in [4.78, 5) is 25.7. The Kier molecular flexibility index (Phi) is 5.97. The van der Waals surface area contributed by atoms with Gasteiger partial charge in [-0.05, 0) is 36.4 Å². The topological polar surface area (TPSA) is 93.7 Å². The maximum Gasteiger partial charge on any atom is 0.321 e. The summed E-state index contributed by atoms with van der Waals surface area (Å²) >= 11 is 6.99. The Bertz CT molecular complexity index is 781. The molecule has 0 spiro atoms. The van der Waals surface area contributed by atoms with E-state index in [-0.39, 0.29) is 25.0 Å². The van der Waals surface area contributed by atoms with E-state index < -0.39 is 6.10 Å². The van der Waals surface area contributed by atoms with Crippen LogP contribution < -0.4 is 20.9 Å². The number of benzene rings is 1. The Hall–Kier alpha value is -2.29. The van der Waals surface area contributed by atoms with Gasteiger partial charge in [-0.15, -0.1) is 11.3 Å². The molecule has 9 heteroatoms. The number of amides is 3. The lowest BCUT2D eigenvalue weighted by atomic mass is 10.2. The predicted molar refractivity (Wildman–Crippen MR) is 103 cm³/mol. The molecule has 1 aliphatic rings. The number of nitrogens with one attached hydrogen (secondary N) is 3. The van der Waals surface area contributed by atoms with E-state index in [0.29, 0.717) is 22.3 Å². The number of halogens is 1. The van der Waals surface area contributed by atoms with Crippen LogP contribution in [0.3, 0.4) is 0 Å². The second-order valence-electron chi connectivity index (χ2n) is 5.78. The Balaban J connectivity index is 1.43. The van der Waals surface area contributed by atoms with Crippen molar-refractivity contribution in [3.8, 4) is 0 Å². The molecule has 4 N–H and O–H groups in total. The van der Waals surface area contributed by atoms with Crippen molar-refractivity contribution in [3.63, 3.8) is 0 Å². The summed E-state index contributed by atoms with van der Waals surface area (Å²) in [6.45, 7) is 1.72. The number of hydrogen-bond donors (Lipinski definition) is 4. The van der Waals surface area contributed by atoms with Crippen LogP contribution in [0.15, 0.2) is 36.4 Å². The summed E-state index contributed by atoms with van der Waals surface area (Å²) in [5.74, 6) is -0.255. The zero-order valence-electron chi connectivity index (χ0n) is 13.9. The monoisotopic (exact) mass is 394 g/mol. The Labute approximate surface area is 160 Å². The van der Waals surface area contributed by atoms with Crippen LogP contribution in [-0.4, -0.2) is 49.3 Å². The van der Waals surface area contributed by atoms with E-state index in [2.05, 4.69) is 16.0 Å². The number of anilines is 2. The molecule has 26 heavy (non-hydrogen) atoms. The average Bonchev–Trinajstić information content (AvgIpc) is 3.26. The maximum absolute atomic E-state index is 11.9. The molecule has 0 unspecified atom stereocenters. The molecule has 3 rings (SSSR count). The molecule has 2 heterocycles. The minimum absolute atomic E-state index is 0.0936. The summed E-state index contributed by atoms with van der Waals surface area (Å²) in [5, 5.41) is 18.5. The third kappa shape index (κ3) is 4.66. The van der Waals surface area contributed by atoms with Gasteiger partial charge in [0.05, 0.1) is 15.3 Å². The first-order chi connectivity index (χ1) is 12.5. The maximum atomic E-state index is 11.9. The van der Waals surface area contributed by atoms with Crippen molar-refractivity contribution in [2.24, 2.45) is 0 Å². The molecule has 0 bridgehead atoms. The minimum atomic E-state index is -0.738. The van der Waals surface area contributed by atoms with Gasteiger partial charge in [0.25, 0.3) is 5.91 Å². The van der Waals surface area contributed by atoms with Gasteiger partial charge in [-0.2, -0.15) is 0 Å². The van der Waals surface area contributed by atoms with E-state index >= 15 is 0 Å². The van der Waals surface area contributed by atoms with Crippen LogP contribution in [0.5, 0.6) is 0 Å². The van der Waals surface area contributed by atoms with E-state index in [9.17, 15) is 14.7 Å². The molecule has 2 aromatic rings.